The number of benzene rings is 1. The van der Waals surface area contributed by atoms with Gasteiger partial charge in [-0.3, -0.25) is 0 Å². The molecule has 1 fully saturated rings. The Hall–Kier alpha value is -0.0400. The lowest BCUT2D eigenvalue weighted by Gasteiger charge is -2.31. The van der Waals surface area contributed by atoms with Crippen molar-refractivity contribution in [2.45, 2.75) is 17.9 Å². The minimum Gasteiger partial charge on any atom is -0.312 e. The van der Waals surface area contributed by atoms with Crippen molar-refractivity contribution in [3.8, 4) is 0 Å². The molecule has 8 heteroatoms. The van der Waals surface area contributed by atoms with E-state index in [0.717, 1.165) is 0 Å². The Bertz CT molecular complexity index is 531. The molecular weight excluding hydrogens is 331 g/mol. The fourth-order valence-corrected chi connectivity index (χ4v) is 4.20. The summed E-state index contributed by atoms with van der Waals surface area (Å²) in [5, 5.41) is 3.85. The molecule has 0 saturated carbocycles. The number of halogens is 3. The number of sulfonamides is 1. The largest absolute Gasteiger partial charge is 0.312 e. The van der Waals surface area contributed by atoms with E-state index in [4.69, 9.17) is 23.2 Å². The third-order valence-corrected chi connectivity index (χ3v) is 5.08. The molecule has 1 saturated heterocycles. The fourth-order valence-electron chi connectivity index (χ4n) is 1.94. The lowest BCUT2D eigenvalue weighted by molar-refractivity contribution is 0.310. The molecule has 108 valence electrons. The molecule has 1 aliphatic rings. The van der Waals surface area contributed by atoms with Crippen molar-refractivity contribution < 1.29 is 8.42 Å². The number of rotatable bonds is 2. The van der Waals surface area contributed by atoms with Gasteiger partial charge in [-0.05, 0) is 25.1 Å². The van der Waals surface area contributed by atoms with Gasteiger partial charge in [-0.15, -0.1) is 12.4 Å². The molecule has 0 unspecified atom stereocenters. The number of hydrogen-bond donors (Lipinski definition) is 1. The van der Waals surface area contributed by atoms with Gasteiger partial charge in [0, 0.05) is 35.7 Å². The van der Waals surface area contributed by atoms with E-state index in [0.29, 0.717) is 29.7 Å². The van der Waals surface area contributed by atoms with Crippen molar-refractivity contribution in [1.82, 2.24) is 9.62 Å². The van der Waals surface area contributed by atoms with E-state index in [9.17, 15) is 8.42 Å². The summed E-state index contributed by atoms with van der Waals surface area (Å²) in [5.74, 6) is 0. The first kappa shape index (κ1) is 17.0. The van der Waals surface area contributed by atoms with Crippen LogP contribution in [0.5, 0.6) is 0 Å². The first-order valence-corrected chi connectivity index (χ1v) is 7.79. The molecule has 0 aliphatic carbocycles. The van der Waals surface area contributed by atoms with Crippen LogP contribution in [0.25, 0.3) is 0 Å². The Balaban J connectivity index is 0.00000180. The van der Waals surface area contributed by atoms with Gasteiger partial charge in [0.05, 0.1) is 4.90 Å². The summed E-state index contributed by atoms with van der Waals surface area (Å²) >= 11 is 11.7. The van der Waals surface area contributed by atoms with Crippen molar-refractivity contribution in [2.24, 2.45) is 0 Å². The van der Waals surface area contributed by atoms with Crippen LogP contribution in [0.1, 0.15) is 6.92 Å². The lowest BCUT2D eigenvalue weighted by atomic mass is 10.3. The van der Waals surface area contributed by atoms with Crippen molar-refractivity contribution >= 4 is 45.6 Å². The van der Waals surface area contributed by atoms with Gasteiger partial charge in [0.1, 0.15) is 0 Å². The Morgan fingerprint density at radius 1 is 1.26 bits per heavy atom. The molecule has 4 nitrogen and oxygen atoms in total. The van der Waals surface area contributed by atoms with Crippen molar-refractivity contribution in [3.05, 3.63) is 28.2 Å². The van der Waals surface area contributed by atoms with Crippen molar-refractivity contribution in [2.75, 3.05) is 19.6 Å². The highest BCUT2D eigenvalue weighted by Crippen LogP contribution is 2.25. The van der Waals surface area contributed by atoms with Gasteiger partial charge in [0.25, 0.3) is 0 Å². The van der Waals surface area contributed by atoms with Crippen molar-refractivity contribution in [1.29, 1.82) is 0 Å². The average molecular weight is 346 g/mol. The topological polar surface area (TPSA) is 49.4 Å². The molecule has 1 heterocycles. The molecule has 1 aliphatic heterocycles. The van der Waals surface area contributed by atoms with Crippen LogP contribution < -0.4 is 5.32 Å². The van der Waals surface area contributed by atoms with Crippen LogP contribution in [-0.2, 0) is 10.0 Å². The first-order valence-electron chi connectivity index (χ1n) is 5.59. The number of nitrogens with one attached hydrogen (secondary N) is 1. The van der Waals surface area contributed by atoms with Gasteiger partial charge in [-0.25, -0.2) is 8.42 Å². The third kappa shape index (κ3) is 3.97. The van der Waals surface area contributed by atoms with E-state index >= 15 is 0 Å². The van der Waals surface area contributed by atoms with Gasteiger partial charge in [0.2, 0.25) is 10.0 Å². The summed E-state index contributed by atoms with van der Waals surface area (Å²) in [7, 11) is -3.52. The van der Waals surface area contributed by atoms with Crippen LogP contribution >= 0.6 is 35.6 Å². The summed E-state index contributed by atoms with van der Waals surface area (Å²) in [6.45, 7) is 3.50. The zero-order valence-electron chi connectivity index (χ0n) is 10.3. The predicted molar refractivity (Wildman–Crippen MR) is 79.9 cm³/mol. The van der Waals surface area contributed by atoms with Crippen LogP contribution in [0.15, 0.2) is 23.1 Å². The molecule has 0 bridgehead atoms. The zero-order chi connectivity index (χ0) is 13.3. The maximum atomic E-state index is 12.4. The van der Waals surface area contributed by atoms with Crippen LogP contribution in [-0.4, -0.2) is 38.4 Å². The van der Waals surface area contributed by atoms with E-state index < -0.39 is 10.0 Å². The summed E-state index contributed by atoms with van der Waals surface area (Å²) in [6.07, 6.45) is 0. The second-order valence-corrected chi connectivity index (χ2v) is 7.13. The van der Waals surface area contributed by atoms with E-state index in [2.05, 4.69) is 5.32 Å². The molecular formula is C11H15Cl3N2O2S. The van der Waals surface area contributed by atoms with Crippen LogP contribution in [0.4, 0.5) is 0 Å². The Morgan fingerprint density at radius 3 is 2.37 bits per heavy atom. The zero-order valence-corrected chi connectivity index (χ0v) is 13.4. The van der Waals surface area contributed by atoms with Crippen LogP contribution in [0.3, 0.4) is 0 Å². The molecule has 1 aromatic rings. The highest BCUT2D eigenvalue weighted by atomic mass is 35.5. The van der Waals surface area contributed by atoms with Gasteiger partial charge in [0.15, 0.2) is 0 Å². The third-order valence-electron chi connectivity index (χ3n) is 2.81. The van der Waals surface area contributed by atoms with E-state index in [1.54, 1.807) is 0 Å². The molecule has 0 amide bonds. The van der Waals surface area contributed by atoms with E-state index in [1.807, 2.05) is 6.92 Å². The highest BCUT2D eigenvalue weighted by Gasteiger charge is 2.28. The maximum absolute atomic E-state index is 12.4. The van der Waals surface area contributed by atoms with E-state index in [1.165, 1.54) is 22.5 Å². The van der Waals surface area contributed by atoms with E-state index in [-0.39, 0.29) is 23.3 Å². The highest BCUT2D eigenvalue weighted by molar-refractivity contribution is 7.89. The van der Waals surface area contributed by atoms with Gasteiger partial charge < -0.3 is 5.32 Å². The first-order chi connectivity index (χ1) is 8.39. The lowest BCUT2D eigenvalue weighted by Crippen LogP contribution is -2.51. The molecule has 0 aromatic heterocycles. The monoisotopic (exact) mass is 344 g/mol. The minimum atomic E-state index is -3.52. The van der Waals surface area contributed by atoms with Crippen LogP contribution in [0, 0.1) is 0 Å². The Morgan fingerprint density at radius 2 is 1.84 bits per heavy atom. The Labute approximate surface area is 129 Å². The smallest absolute Gasteiger partial charge is 0.243 e. The molecule has 0 spiro atoms. The summed E-state index contributed by atoms with van der Waals surface area (Å²) < 4.78 is 26.3. The second kappa shape index (κ2) is 6.61. The minimum absolute atomic E-state index is 0. The molecule has 1 atom stereocenters. The number of nitrogens with zero attached hydrogens (tertiary/aromatic N) is 1. The standard InChI is InChI=1S/C11H14Cl2N2O2S.ClH/c1-8-7-15(3-2-14-8)18(16,17)11-5-9(12)4-10(13)6-11;/h4-6,8,14H,2-3,7H2,1H3;1H/t8-;/m0./s1. The summed E-state index contributed by atoms with van der Waals surface area (Å²) in [5.41, 5.74) is 0. The average Bonchev–Trinajstić information content (AvgIpc) is 2.27. The maximum Gasteiger partial charge on any atom is 0.243 e. The molecule has 1 aromatic carbocycles. The number of hydrogen-bond acceptors (Lipinski definition) is 3. The SMILES string of the molecule is C[C@H]1CN(S(=O)(=O)c2cc(Cl)cc(Cl)c2)CCN1.Cl. The Kier molecular flexibility index (Phi) is 5.92. The fraction of sp³-hybridized carbons (Fsp3) is 0.455. The van der Waals surface area contributed by atoms with Gasteiger partial charge >= 0.3 is 0 Å². The molecule has 19 heavy (non-hydrogen) atoms. The predicted octanol–water partition coefficient (Wildman–Crippen LogP) is 2.40. The summed E-state index contributed by atoms with van der Waals surface area (Å²) in [4.78, 5) is 0.147. The second-order valence-electron chi connectivity index (χ2n) is 4.32. The van der Waals surface area contributed by atoms with Gasteiger partial charge in [-0.2, -0.15) is 4.31 Å². The van der Waals surface area contributed by atoms with Crippen molar-refractivity contribution in [3.63, 3.8) is 0 Å². The number of piperazine rings is 1. The quantitative estimate of drug-likeness (QED) is 0.895. The molecule has 0 radical (unpaired) electrons. The molecule has 2 rings (SSSR count). The summed E-state index contributed by atoms with van der Waals surface area (Å²) in [6, 6.07) is 4.51. The molecule has 1 N–H and O–H groups in total. The normalized spacial score (nSPS) is 20.9. The van der Waals surface area contributed by atoms with Gasteiger partial charge in [-0.1, -0.05) is 23.2 Å². The van der Waals surface area contributed by atoms with Crippen LogP contribution in [0.2, 0.25) is 10.0 Å².